The second kappa shape index (κ2) is 8.19. The number of pyridine rings is 1. The Labute approximate surface area is 141 Å². The second-order valence-electron chi connectivity index (χ2n) is 5.68. The van der Waals surface area contributed by atoms with Crippen LogP contribution in [-0.4, -0.2) is 36.8 Å². The molecule has 0 radical (unpaired) electrons. The van der Waals surface area contributed by atoms with Crippen molar-refractivity contribution in [3.05, 3.63) is 54.2 Å². The molecule has 1 aliphatic rings. The third kappa shape index (κ3) is 4.62. The number of rotatable bonds is 7. The summed E-state index contributed by atoms with van der Waals surface area (Å²) in [6, 6.07) is 13.6. The van der Waals surface area contributed by atoms with E-state index in [1.54, 1.807) is 6.20 Å². The molecule has 3 rings (SSSR count). The highest BCUT2D eigenvalue weighted by atomic mass is 16.5. The number of carbonyl (C=O) groups is 1. The Morgan fingerprint density at radius 3 is 2.83 bits per heavy atom. The topological polar surface area (TPSA) is 75.3 Å². The average Bonchev–Trinajstić information content (AvgIpc) is 3.03. The summed E-state index contributed by atoms with van der Waals surface area (Å²) in [5.41, 5.74) is 1.20. The summed E-state index contributed by atoms with van der Waals surface area (Å²) in [4.78, 5) is 16.0. The zero-order chi connectivity index (χ0) is 16.6. The predicted molar refractivity (Wildman–Crippen MR) is 93.3 cm³/mol. The second-order valence-corrected chi connectivity index (χ2v) is 5.68. The molecule has 1 aliphatic heterocycles. The predicted octanol–water partition coefficient (Wildman–Crippen LogP) is 2.19. The van der Waals surface area contributed by atoms with Crippen molar-refractivity contribution < 1.29 is 9.53 Å². The van der Waals surface area contributed by atoms with E-state index in [1.807, 2.05) is 36.4 Å². The van der Waals surface area contributed by atoms with Crippen LogP contribution in [0.2, 0.25) is 0 Å². The largest absolute Gasteiger partial charge is 0.488 e. The molecule has 24 heavy (non-hydrogen) atoms. The molecule has 2 heterocycles. The van der Waals surface area contributed by atoms with E-state index in [-0.39, 0.29) is 12.1 Å². The molecule has 0 saturated heterocycles. The van der Waals surface area contributed by atoms with E-state index in [0.29, 0.717) is 13.1 Å². The third-order valence-electron chi connectivity index (χ3n) is 3.81. The fraction of sp³-hybridized carbons (Fsp3) is 0.333. The van der Waals surface area contributed by atoms with Gasteiger partial charge in [-0.05, 0) is 30.2 Å². The van der Waals surface area contributed by atoms with Crippen molar-refractivity contribution in [3.8, 4) is 5.75 Å². The SMILES string of the molecule is O=C(NCCCNc1ccccn1)NC[C@H]1Cc2ccccc2O1. The highest BCUT2D eigenvalue weighted by Gasteiger charge is 2.22. The molecule has 1 aromatic heterocycles. The molecule has 0 aliphatic carbocycles. The number of fused-ring (bicyclic) bond motifs is 1. The van der Waals surface area contributed by atoms with Crippen LogP contribution in [0.4, 0.5) is 10.6 Å². The number of para-hydroxylation sites is 1. The summed E-state index contributed by atoms with van der Waals surface area (Å²) >= 11 is 0. The van der Waals surface area contributed by atoms with Crippen LogP contribution in [0.15, 0.2) is 48.7 Å². The Morgan fingerprint density at radius 2 is 2.00 bits per heavy atom. The molecular formula is C18H22N4O2. The summed E-state index contributed by atoms with van der Waals surface area (Å²) in [5, 5.41) is 8.91. The Bertz CT molecular complexity index is 638. The lowest BCUT2D eigenvalue weighted by molar-refractivity contribution is 0.214. The first-order valence-corrected chi connectivity index (χ1v) is 8.22. The highest BCUT2D eigenvalue weighted by molar-refractivity contribution is 5.73. The highest BCUT2D eigenvalue weighted by Crippen LogP contribution is 2.27. The smallest absolute Gasteiger partial charge is 0.314 e. The molecule has 0 unspecified atom stereocenters. The zero-order valence-corrected chi connectivity index (χ0v) is 13.5. The number of amides is 2. The number of urea groups is 1. The van der Waals surface area contributed by atoms with E-state index >= 15 is 0 Å². The van der Waals surface area contributed by atoms with Crippen LogP contribution >= 0.6 is 0 Å². The van der Waals surface area contributed by atoms with Crippen molar-refractivity contribution in [2.45, 2.75) is 18.9 Å². The zero-order valence-electron chi connectivity index (χ0n) is 13.5. The maximum absolute atomic E-state index is 11.8. The first-order valence-electron chi connectivity index (χ1n) is 8.22. The summed E-state index contributed by atoms with van der Waals surface area (Å²) in [7, 11) is 0. The lowest BCUT2D eigenvalue weighted by atomic mass is 10.1. The number of hydrogen-bond acceptors (Lipinski definition) is 4. The number of nitrogens with one attached hydrogen (secondary N) is 3. The molecule has 2 aromatic rings. The monoisotopic (exact) mass is 326 g/mol. The minimum Gasteiger partial charge on any atom is -0.488 e. The van der Waals surface area contributed by atoms with Crippen molar-refractivity contribution in [3.63, 3.8) is 0 Å². The normalized spacial score (nSPS) is 15.2. The molecule has 3 N–H and O–H groups in total. The number of anilines is 1. The van der Waals surface area contributed by atoms with Crippen LogP contribution in [0, 0.1) is 0 Å². The van der Waals surface area contributed by atoms with E-state index in [9.17, 15) is 4.79 Å². The first-order chi connectivity index (χ1) is 11.8. The van der Waals surface area contributed by atoms with Gasteiger partial charge in [-0.1, -0.05) is 24.3 Å². The molecular weight excluding hydrogens is 304 g/mol. The van der Waals surface area contributed by atoms with Crippen LogP contribution < -0.4 is 20.7 Å². The van der Waals surface area contributed by atoms with E-state index in [2.05, 4.69) is 27.0 Å². The number of benzene rings is 1. The molecule has 6 heteroatoms. The molecule has 0 saturated carbocycles. The lowest BCUT2D eigenvalue weighted by Crippen LogP contribution is -2.41. The molecule has 6 nitrogen and oxygen atoms in total. The minimum absolute atomic E-state index is 0.0129. The number of carbonyl (C=O) groups excluding carboxylic acids is 1. The van der Waals surface area contributed by atoms with Gasteiger partial charge in [-0.25, -0.2) is 9.78 Å². The number of aromatic nitrogens is 1. The van der Waals surface area contributed by atoms with Gasteiger partial charge in [-0.3, -0.25) is 0 Å². The van der Waals surface area contributed by atoms with Crippen molar-refractivity contribution in [1.29, 1.82) is 0 Å². The van der Waals surface area contributed by atoms with Gasteiger partial charge in [-0.15, -0.1) is 0 Å². The fourth-order valence-electron chi connectivity index (χ4n) is 2.61. The van der Waals surface area contributed by atoms with Crippen molar-refractivity contribution in [2.24, 2.45) is 0 Å². The van der Waals surface area contributed by atoms with Gasteiger partial charge in [0.2, 0.25) is 0 Å². The van der Waals surface area contributed by atoms with Gasteiger partial charge < -0.3 is 20.7 Å². The van der Waals surface area contributed by atoms with E-state index in [0.717, 1.165) is 31.0 Å². The molecule has 0 spiro atoms. The number of ether oxygens (including phenoxy) is 1. The molecule has 0 fully saturated rings. The summed E-state index contributed by atoms with van der Waals surface area (Å²) < 4.78 is 5.79. The third-order valence-corrected chi connectivity index (χ3v) is 3.81. The van der Waals surface area contributed by atoms with Crippen molar-refractivity contribution in [1.82, 2.24) is 15.6 Å². The molecule has 0 bridgehead atoms. The van der Waals surface area contributed by atoms with Crippen LogP contribution in [0.1, 0.15) is 12.0 Å². The van der Waals surface area contributed by atoms with Gasteiger partial charge in [0.1, 0.15) is 17.7 Å². The summed E-state index contributed by atoms with van der Waals surface area (Å²) in [6.07, 6.45) is 3.43. The van der Waals surface area contributed by atoms with Crippen LogP contribution in [0.25, 0.3) is 0 Å². The summed E-state index contributed by atoms with van der Waals surface area (Å²) in [6.45, 7) is 1.88. The van der Waals surface area contributed by atoms with Gasteiger partial charge in [0.05, 0.1) is 6.54 Å². The van der Waals surface area contributed by atoms with Crippen LogP contribution in [-0.2, 0) is 6.42 Å². The van der Waals surface area contributed by atoms with Gasteiger partial charge in [0, 0.05) is 25.7 Å². The Balaban J connectivity index is 1.26. The van der Waals surface area contributed by atoms with Gasteiger partial charge in [0.25, 0.3) is 0 Å². The van der Waals surface area contributed by atoms with Crippen molar-refractivity contribution in [2.75, 3.05) is 25.0 Å². The van der Waals surface area contributed by atoms with Gasteiger partial charge in [0.15, 0.2) is 0 Å². The standard InChI is InChI=1S/C18H22N4O2/c23-18(21-11-5-10-20-17-8-3-4-9-19-17)22-13-15-12-14-6-1-2-7-16(14)24-15/h1-4,6-9,15H,5,10-13H2,(H,19,20)(H2,21,22,23)/t15-/m1/s1. The fourth-order valence-corrected chi connectivity index (χ4v) is 2.61. The molecule has 2 amide bonds. The lowest BCUT2D eigenvalue weighted by Gasteiger charge is -2.13. The average molecular weight is 326 g/mol. The van der Waals surface area contributed by atoms with E-state index in [4.69, 9.17) is 4.74 Å². The van der Waals surface area contributed by atoms with E-state index < -0.39 is 0 Å². The maximum Gasteiger partial charge on any atom is 0.314 e. The molecule has 126 valence electrons. The molecule has 1 aromatic carbocycles. The van der Waals surface area contributed by atoms with Crippen LogP contribution in [0.3, 0.4) is 0 Å². The quantitative estimate of drug-likeness (QED) is 0.682. The number of nitrogens with zero attached hydrogens (tertiary/aromatic N) is 1. The number of hydrogen-bond donors (Lipinski definition) is 3. The minimum atomic E-state index is -0.160. The first kappa shape index (κ1) is 16.1. The van der Waals surface area contributed by atoms with Gasteiger partial charge in [-0.2, -0.15) is 0 Å². The van der Waals surface area contributed by atoms with Crippen LogP contribution in [0.5, 0.6) is 5.75 Å². The Morgan fingerprint density at radius 1 is 1.12 bits per heavy atom. The van der Waals surface area contributed by atoms with Crippen molar-refractivity contribution >= 4 is 11.8 Å². The van der Waals surface area contributed by atoms with E-state index in [1.165, 1.54) is 5.56 Å². The Hall–Kier alpha value is -2.76. The maximum atomic E-state index is 11.8. The molecule has 1 atom stereocenters. The van der Waals surface area contributed by atoms with Gasteiger partial charge >= 0.3 is 6.03 Å². The summed E-state index contributed by atoms with van der Waals surface area (Å²) in [5.74, 6) is 1.77. The Kier molecular flexibility index (Phi) is 5.50.